The van der Waals surface area contributed by atoms with Gasteiger partial charge in [-0.05, 0) is 0 Å². The Morgan fingerprint density at radius 3 is 2.44 bits per heavy atom. The Morgan fingerprint density at radius 2 is 1.94 bits per heavy atom. The van der Waals surface area contributed by atoms with Gasteiger partial charge in [0, 0.05) is 12.3 Å². The van der Waals surface area contributed by atoms with Gasteiger partial charge in [-0.3, -0.25) is 4.98 Å². The van der Waals surface area contributed by atoms with Crippen LogP contribution >= 0.6 is 0 Å². The quantitative estimate of drug-likeness (QED) is 0.827. The standard InChI is InChI=1S/C12H16N4O2/c1-8-15-16-11(18-8)7-17-10-6-13-9(5-14-10)12(2,3)4/h5-6H,7H2,1-4H3. The summed E-state index contributed by atoms with van der Waals surface area (Å²) in [7, 11) is 0. The van der Waals surface area contributed by atoms with Gasteiger partial charge in [-0.2, -0.15) is 0 Å². The predicted molar refractivity (Wildman–Crippen MR) is 64.1 cm³/mol. The van der Waals surface area contributed by atoms with Crippen LogP contribution in [0.1, 0.15) is 38.2 Å². The lowest BCUT2D eigenvalue weighted by atomic mass is 9.93. The van der Waals surface area contributed by atoms with E-state index in [2.05, 4.69) is 40.9 Å². The molecular formula is C12H16N4O2. The van der Waals surface area contributed by atoms with Gasteiger partial charge in [-0.15, -0.1) is 10.2 Å². The minimum atomic E-state index is -0.0187. The third-order valence-corrected chi connectivity index (χ3v) is 2.31. The molecule has 0 aromatic carbocycles. The summed E-state index contributed by atoms with van der Waals surface area (Å²) in [6, 6.07) is 0. The first-order chi connectivity index (χ1) is 8.45. The fourth-order valence-electron chi connectivity index (χ4n) is 1.31. The summed E-state index contributed by atoms with van der Waals surface area (Å²) < 4.78 is 10.6. The van der Waals surface area contributed by atoms with E-state index in [4.69, 9.17) is 9.15 Å². The Bertz CT molecular complexity index is 514. The second-order valence-corrected chi connectivity index (χ2v) is 4.99. The molecule has 18 heavy (non-hydrogen) atoms. The molecular weight excluding hydrogens is 232 g/mol. The van der Waals surface area contributed by atoms with E-state index in [0.717, 1.165) is 5.69 Å². The number of hydrogen-bond donors (Lipinski definition) is 0. The molecule has 0 radical (unpaired) electrons. The zero-order valence-corrected chi connectivity index (χ0v) is 11.0. The maximum Gasteiger partial charge on any atom is 0.253 e. The molecule has 2 rings (SSSR count). The van der Waals surface area contributed by atoms with Gasteiger partial charge in [0.05, 0.1) is 18.1 Å². The van der Waals surface area contributed by atoms with Crippen molar-refractivity contribution in [2.24, 2.45) is 0 Å². The van der Waals surface area contributed by atoms with Crippen LogP contribution < -0.4 is 4.74 Å². The maximum atomic E-state index is 5.40. The highest BCUT2D eigenvalue weighted by Crippen LogP contribution is 2.19. The van der Waals surface area contributed by atoms with Crippen LogP contribution in [-0.4, -0.2) is 20.2 Å². The lowest BCUT2D eigenvalue weighted by molar-refractivity contribution is 0.250. The molecule has 6 heteroatoms. The highest BCUT2D eigenvalue weighted by molar-refractivity contribution is 5.13. The largest absolute Gasteiger partial charge is 0.466 e. The Labute approximate surface area is 105 Å². The van der Waals surface area contributed by atoms with Gasteiger partial charge in [0.15, 0.2) is 6.61 Å². The van der Waals surface area contributed by atoms with Crippen molar-refractivity contribution in [2.75, 3.05) is 0 Å². The van der Waals surface area contributed by atoms with E-state index in [1.807, 2.05) is 0 Å². The molecule has 0 atom stereocenters. The monoisotopic (exact) mass is 248 g/mol. The molecule has 0 spiro atoms. The van der Waals surface area contributed by atoms with E-state index in [9.17, 15) is 0 Å². The molecule has 0 aliphatic heterocycles. The second-order valence-electron chi connectivity index (χ2n) is 4.99. The third-order valence-electron chi connectivity index (χ3n) is 2.31. The lowest BCUT2D eigenvalue weighted by Crippen LogP contribution is -2.13. The number of rotatable bonds is 3. The predicted octanol–water partition coefficient (Wildman–Crippen LogP) is 2.04. The van der Waals surface area contributed by atoms with Gasteiger partial charge < -0.3 is 9.15 Å². The molecule has 0 fully saturated rings. The fourth-order valence-corrected chi connectivity index (χ4v) is 1.31. The van der Waals surface area contributed by atoms with Crippen molar-refractivity contribution >= 4 is 0 Å². The summed E-state index contributed by atoms with van der Waals surface area (Å²) in [4.78, 5) is 8.51. The molecule has 96 valence electrons. The van der Waals surface area contributed by atoms with Gasteiger partial charge >= 0.3 is 0 Å². The van der Waals surface area contributed by atoms with Crippen LogP contribution in [0.3, 0.4) is 0 Å². The van der Waals surface area contributed by atoms with Crippen molar-refractivity contribution in [1.82, 2.24) is 20.2 Å². The van der Waals surface area contributed by atoms with Crippen molar-refractivity contribution in [3.8, 4) is 5.88 Å². The topological polar surface area (TPSA) is 73.9 Å². The van der Waals surface area contributed by atoms with Crippen molar-refractivity contribution in [3.63, 3.8) is 0 Å². The highest BCUT2D eigenvalue weighted by atomic mass is 16.5. The average molecular weight is 248 g/mol. The smallest absolute Gasteiger partial charge is 0.253 e. The minimum Gasteiger partial charge on any atom is -0.466 e. The first-order valence-corrected chi connectivity index (χ1v) is 5.69. The molecule has 2 aromatic heterocycles. The van der Waals surface area contributed by atoms with E-state index in [1.54, 1.807) is 19.3 Å². The fraction of sp³-hybridized carbons (Fsp3) is 0.500. The molecule has 2 heterocycles. The van der Waals surface area contributed by atoms with Gasteiger partial charge in [0.2, 0.25) is 11.8 Å². The Kier molecular flexibility index (Phi) is 3.27. The van der Waals surface area contributed by atoms with Crippen LogP contribution in [0.4, 0.5) is 0 Å². The first kappa shape index (κ1) is 12.5. The van der Waals surface area contributed by atoms with Crippen molar-refractivity contribution in [2.45, 2.75) is 39.7 Å². The van der Waals surface area contributed by atoms with Crippen LogP contribution in [0.5, 0.6) is 5.88 Å². The van der Waals surface area contributed by atoms with Crippen molar-refractivity contribution in [1.29, 1.82) is 0 Å². The first-order valence-electron chi connectivity index (χ1n) is 5.69. The molecule has 0 saturated heterocycles. The normalized spacial score (nSPS) is 11.6. The van der Waals surface area contributed by atoms with E-state index in [-0.39, 0.29) is 12.0 Å². The molecule has 0 aliphatic rings. The van der Waals surface area contributed by atoms with Crippen LogP contribution in [0, 0.1) is 6.92 Å². The van der Waals surface area contributed by atoms with Crippen LogP contribution in [0.15, 0.2) is 16.8 Å². The number of ether oxygens (including phenoxy) is 1. The number of nitrogens with zero attached hydrogens (tertiary/aromatic N) is 4. The molecule has 0 unspecified atom stereocenters. The van der Waals surface area contributed by atoms with Gasteiger partial charge in [0.1, 0.15) is 0 Å². The van der Waals surface area contributed by atoms with E-state index < -0.39 is 0 Å². The second kappa shape index (κ2) is 4.72. The zero-order valence-electron chi connectivity index (χ0n) is 11.0. The number of aromatic nitrogens is 4. The molecule has 0 N–H and O–H groups in total. The Morgan fingerprint density at radius 1 is 1.17 bits per heavy atom. The summed E-state index contributed by atoms with van der Waals surface area (Å²) in [6.07, 6.45) is 3.32. The zero-order chi connectivity index (χ0) is 13.2. The summed E-state index contributed by atoms with van der Waals surface area (Å²) in [6.45, 7) is 8.18. The maximum absolute atomic E-state index is 5.40. The van der Waals surface area contributed by atoms with Crippen LogP contribution in [0.2, 0.25) is 0 Å². The third kappa shape index (κ3) is 3.03. The highest BCUT2D eigenvalue weighted by Gasteiger charge is 2.15. The van der Waals surface area contributed by atoms with Crippen molar-refractivity contribution < 1.29 is 9.15 Å². The lowest BCUT2D eigenvalue weighted by Gasteiger charge is -2.16. The SMILES string of the molecule is Cc1nnc(COc2cnc(C(C)(C)C)cn2)o1. The van der Waals surface area contributed by atoms with Gasteiger partial charge in [0.25, 0.3) is 5.89 Å². The van der Waals surface area contributed by atoms with Crippen molar-refractivity contribution in [3.05, 3.63) is 29.9 Å². The molecule has 0 amide bonds. The molecule has 2 aromatic rings. The Balaban J connectivity index is 1.98. The molecule has 0 saturated carbocycles. The summed E-state index contributed by atoms with van der Waals surface area (Å²) in [5.41, 5.74) is 0.901. The minimum absolute atomic E-state index is 0.0187. The molecule has 0 aliphatic carbocycles. The van der Waals surface area contributed by atoms with E-state index in [1.165, 1.54) is 0 Å². The van der Waals surface area contributed by atoms with E-state index in [0.29, 0.717) is 17.7 Å². The number of aryl methyl sites for hydroxylation is 1. The number of hydrogen-bond acceptors (Lipinski definition) is 6. The Hall–Kier alpha value is -1.98. The molecule has 6 nitrogen and oxygen atoms in total. The summed E-state index contributed by atoms with van der Waals surface area (Å²) >= 11 is 0. The summed E-state index contributed by atoms with van der Waals surface area (Å²) in [5, 5.41) is 7.54. The molecule has 0 bridgehead atoms. The van der Waals surface area contributed by atoms with Gasteiger partial charge in [-0.25, -0.2) is 4.98 Å². The van der Waals surface area contributed by atoms with Crippen LogP contribution in [0.25, 0.3) is 0 Å². The average Bonchev–Trinajstić information content (AvgIpc) is 2.72. The summed E-state index contributed by atoms with van der Waals surface area (Å²) in [5.74, 6) is 1.39. The van der Waals surface area contributed by atoms with Crippen LogP contribution in [-0.2, 0) is 12.0 Å². The van der Waals surface area contributed by atoms with Gasteiger partial charge in [-0.1, -0.05) is 20.8 Å². The van der Waals surface area contributed by atoms with E-state index >= 15 is 0 Å².